The number of benzene rings is 1. The van der Waals surface area contributed by atoms with Crippen molar-refractivity contribution in [2.24, 2.45) is 0 Å². The number of hydrogen-bond donors (Lipinski definition) is 0. The summed E-state index contributed by atoms with van der Waals surface area (Å²) in [6, 6.07) is 7.37. The second-order valence-corrected chi connectivity index (χ2v) is 4.19. The molecule has 0 spiro atoms. The molecule has 0 heterocycles. The van der Waals surface area contributed by atoms with Crippen molar-refractivity contribution < 1.29 is 9.53 Å². The minimum absolute atomic E-state index is 0.695. The van der Waals surface area contributed by atoms with Gasteiger partial charge in [0.1, 0.15) is 5.75 Å². The van der Waals surface area contributed by atoms with Gasteiger partial charge in [0, 0.05) is 4.47 Å². The third-order valence-electron chi connectivity index (χ3n) is 1.48. The van der Waals surface area contributed by atoms with E-state index in [2.05, 4.69) is 15.9 Å². The second-order valence-electron chi connectivity index (χ2n) is 3.28. The number of carbonyl (C=O) groups is 1. The standard InChI is InChI=1S/C10H11BrO2/c1-10(2,7-12)13-9-5-3-8(11)4-6-9/h3-7H,1-2H3. The van der Waals surface area contributed by atoms with Gasteiger partial charge in [0.15, 0.2) is 11.9 Å². The summed E-state index contributed by atoms with van der Waals surface area (Å²) in [7, 11) is 0. The van der Waals surface area contributed by atoms with Gasteiger partial charge >= 0.3 is 0 Å². The van der Waals surface area contributed by atoms with Gasteiger partial charge in [0.05, 0.1) is 0 Å². The van der Waals surface area contributed by atoms with E-state index >= 15 is 0 Å². The molecule has 70 valence electrons. The molecule has 3 heteroatoms. The summed E-state index contributed by atoms with van der Waals surface area (Å²) < 4.78 is 6.41. The molecule has 0 saturated carbocycles. The van der Waals surface area contributed by atoms with Crippen LogP contribution in [0.5, 0.6) is 5.75 Å². The lowest BCUT2D eigenvalue weighted by Crippen LogP contribution is -2.29. The first kappa shape index (κ1) is 10.3. The summed E-state index contributed by atoms with van der Waals surface area (Å²) in [6.07, 6.45) is 0.787. The second kappa shape index (κ2) is 3.92. The van der Waals surface area contributed by atoms with E-state index in [0.717, 1.165) is 10.8 Å². The summed E-state index contributed by atoms with van der Waals surface area (Å²) >= 11 is 3.32. The molecule has 0 unspecified atom stereocenters. The maximum absolute atomic E-state index is 10.6. The molecule has 13 heavy (non-hydrogen) atoms. The summed E-state index contributed by atoms with van der Waals surface area (Å²) in [5.41, 5.74) is -0.756. The Bertz CT molecular complexity index is 290. The first-order valence-corrected chi connectivity index (χ1v) is 4.74. The lowest BCUT2D eigenvalue weighted by molar-refractivity contribution is -0.118. The van der Waals surface area contributed by atoms with Gasteiger partial charge in [-0.05, 0) is 38.1 Å². The highest BCUT2D eigenvalue weighted by atomic mass is 79.9. The van der Waals surface area contributed by atoms with Gasteiger partial charge in [-0.2, -0.15) is 0 Å². The Labute approximate surface area is 86.0 Å². The number of ether oxygens (including phenoxy) is 1. The molecule has 0 N–H and O–H groups in total. The average Bonchev–Trinajstić information content (AvgIpc) is 2.09. The van der Waals surface area contributed by atoms with Crippen molar-refractivity contribution in [3.05, 3.63) is 28.7 Å². The van der Waals surface area contributed by atoms with Crippen molar-refractivity contribution in [3.63, 3.8) is 0 Å². The normalized spacial score (nSPS) is 11.0. The maximum atomic E-state index is 10.6. The molecule has 0 amide bonds. The highest BCUT2D eigenvalue weighted by molar-refractivity contribution is 9.10. The van der Waals surface area contributed by atoms with E-state index in [1.165, 1.54) is 0 Å². The van der Waals surface area contributed by atoms with E-state index in [-0.39, 0.29) is 0 Å². The summed E-state index contributed by atoms with van der Waals surface area (Å²) in [5, 5.41) is 0. The number of rotatable bonds is 3. The van der Waals surface area contributed by atoms with Gasteiger partial charge in [0.2, 0.25) is 0 Å². The van der Waals surface area contributed by atoms with Gasteiger partial charge in [-0.25, -0.2) is 0 Å². The highest BCUT2D eigenvalue weighted by Gasteiger charge is 2.17. The van der Waals surface area contributed by atoms with E-state index in [1.807, 2.05) is 24.3 Å². The topological polar surface area (TPSA) is 26.3 Å². The third-order valence-corrected chi connectivity index (χ3v) is 2.01. The minimum Gasteiger partial charge on any atom is -0.480 e. The van der Waals surface area contributed by atoms with Crippen LogP contribution in [0.15, 0.2) is 28.7 Å². The lowest BCUT2D eigenvalue weighted by atomic mass is 10.2. The van der Waals surface area contributed by atoms with E-state index in [0.29, 0.717) is 5.75 Å². The van der Waals surface area contributed by atoms with Crippen LogP contribution in [0.2, 0.25) is 0 Å². The van der Waals surface area contributed by atoms with Crippen LogP contribution in [-0.2, 0) is 4.79 Å². The molecule has 1 aromatic rings. The SMILES string of the molecule is CC(C)(C=O)Oc1ccc(Br)cc1. The Morgan fingerprint density at radius 3 is 2.31 bits per heavy atom. The fourth-order valence-corrected chi connectivity index (χ4v) is 1.09. The number of halogens is 1. The molecule has 0 aliphatic carbocycles. The lowest BCUT2D eigenvalue weighted by Gasteiger charge is -2.19. The molecule has 0 bridgehead atoms. The smallest absolute Gasteiger partial charge is 0.162 e. The van der Waals surface area contributed by atoms with Crippen molar-refractivity contribution in [1.29, 1.82) is 0 Å². The Morgan fingerprint density at radius 2 is 1.85 bits per heavy atom. The number of hydrogen-bond acceptors (Lipinski definition) is 2. The zero-order valence-electron chi connectivity index (χ0n) is 7.58. The molecular formula is C10H11BrO2. The predicted octanol–water partition coefficient (Wildman–Crippen LogP) is 2.81. The van der Waals surface area contributed by atoms with Crippen molar-refractivity contribution in [1.82, 2.24) is 0 Å². The number of aldehydes is 1. The predicted molar refractivity (Wildman–Crippen MR) is 54.9 cm³/mol. The Hall–Kier alpha value is -0.830. The van der Waals surface area contributed by atoms with Crippen LogP contribution >= 0.6 is 15.9 Å². The summed E-state index contributed by atoms with van der Waals surface area (Å²) in [6.45, 7) is 3.45. The summed E-state index contributed by atoms with van der Waals surface area (Å²) in [4.78, 5) is 10.6. The molecule has 0 atom stereocenters. The average molecular weight is 243 g/mol. The first-order valence-electron chi connectivity index (χ1n) is 3.94. The Kier molecular flexibility index (Phi) is 3.09. The van der Waals surface area contributed by atoms with Crippen molar-refractivity contribution in [3.8, 4) is 5.75 Å². The molecule has 0 aliphatic heterocycles. The van der Waals surface area contributed by atoms with E-state index < -0.39 is 5.60 Å². The van der Waals surface area contributed by atoms with Gasteiger partial charge in [-0.15, -0.1) is 0 Å². The molecule has 2 nitrogen and oxygen atoms in total. The van der Waals surface area contributed by atoms with Gasteiger partial charge in [0.25, 0.3) is 0 Å². The van der Waals surface area contributed by atoms with Gasteiger partial charge < -0.3 is 4.74 Å². The molecule has 0 aromatic heterocycles. The fourth-order valence-electron chi connectivity index (χ4n) is 0.830. The molecular weight excluding hydrogens is 232 g/mol. The molecule has 0 radical (unpaired) electrons. The minimum atomic E-state index is -0.756. The third kappa shape index (κ3) is 3.19. The van der Waals surface area contributed by atoms with Gasteiger partial charge in [-0.3, -0.25) is 4.79 Å². The molecule has 0 saturated heterocycles. The highest BCUT2D eigenvalue weighted by Crippen LogP contribution is 2.19. The van der Waals surface area contributed by atoms with Crippen molar-refractivity contribution in [2.45, 2.75) is 19.4 Å². The molecule has 1 rings (SSSR count). The zero-order valence-corrected chi connectivity index (χ0v) is 9.17. The monoisotopic (exact) mass is 242 g/mol. The quantitative estimate of drug-likeness (QED) is 0.763. The van der Waals surface area contributed by atoms with Crippen LogP contribution in [0.25, 0.3) is 0 Å². The molecule has 1 aromatic carbocycles. The first-order chi connectivity index (χ1) is 6.03. The van der Waals surface area contributed by atoms with E-state index in [1.54, 1.807) is 13.8 Å². The van der Waals surface area contributed by atoms with E-state index in [4.69, 9.17) is 4.74 Å². The van der Waals surface area contributed by atoms with Crippen LogP contribution in [0.3, 0.4) is 0 Å². The van der Waals surface area contributed by atoms with Crippen LogP contribution < -0.4 is 4.74 Å². The summed E-state index contributed by atoms with van der Waals surface area (Å²) in [5.74, 6) is 0.695. The maximum Gasteiger partial charge on any atom is 0.162 e. The van der Waals surface area contributed by atoms with Crippen LogP contribution in [0.1, 0.15) is 13.8 Å². The van der Waals surface area contributed by atoms with Gasteiger partial charge in [-0.1, -0.05) is 15.9 Å². The zero-order chi connectivity index (χ0) is 9.90. The van der Waals surface area contributed by atoms with Crippen LogP contribution in [0.4, 0.5) is 0 Å². The van der Waals surface area contributed by atoms with Crippen LogP contribution in [0, 0.1) is 0 Å². The number of carbonyl (C=O) groups excluding carboxylic acids is 1. The Morgan fingerprint density at radius 1 is 1.31 bits per heavy atom. The fraction of sp³-hybridized carbons (Fsp3) is 0.300. The largest absolute Gasteiger partial charge is 0.480 e. The molecule has 0 fully saturated rings. The Balaban J connectivity index is 2.75. The van der Waals surface area contributed by atoms with Crippen LogP contribution in [-0.4, -0.2) is 11.9 Å². The van der Waals surface area contributed by atoms with Crippen molar-refractivity contribution in [2.75, 3.05) is 0 Å². The van der Waals surface area contributed by atoms with Crippen molar-refractivity contribution >= 4 is 22.2 Å². The van der Waals surface area contributed by atoms with E-state index in [9.17, 15) is 4.79 Å². The molecule has 0 aliphatic rings.